The Bertz CT molecular complexity index is 677. The lowest BCUT2D eigenvalue weighted by molar-refractivity contribution is -0.308. The van der Waals surface area contributed by atoms with Gasteiger partial charge in [0.25, 0.3) is 10.1 Å². The second-order valence-electron chi connectivity index (χ2n) is 6.74. The highest BCUT2D eigenvalue weighted by Gasteiger charge is 2.69. The van der Waals surface area contributed by atoms with Gasteiger partial charge in [-0.1, -0.05) is 17.7 Å². The van der Waals surface area contributed by atoms with Crippen molar-refractivity contribution in [3.8, 4) is 0 Å². The molecule has 2 aliphatic rings. The van der Waals surface area contributed by atoms with E-state index in [0.29, 0.717) is 0 Å². The molecule has 0 heterocycles. The lowest BCUT2D eigenvalue weighted by Crippen LogP contribution is -2.60. The lowest BCUT2D eigenvalue weighted by atomic mass is 9.80. The summed E-state index contributed by atoms with van der Waals surface area (Å²) in [5.74, 6) is -0.762. The molecule has 1 aromatic rings. The van der Waals surface area contributed by atoms with E-state index < -0.39 is 21.5 Å². The zero-order valence-electron chi connectivity index (χ0n) is 14.0. The summed E-state index contributed by atoms with van der Waals surface area (Å²) in [6, 6.07) is 6.67. The zero-order valence-corrected chi connectivity index (χ0v) is 14.9. The minimum atomic E-state index is -3.89. The first-order valence-electron chi connectivity index (χ1n) is 7.91. The fourth-order valence-electron chi connectivity index (χ4n) is 4.45. The normalized spacial score (nSPS) is 32.3. The highest BCUT2D eigenvalue weighted by molar-refractivity contribution is 7.86. The van der Waals surface area contributed by atoms with Crippen LogP contribution in [0, 0.1) is 18.8 Å². The van der Waals surface area contributed by atoms with E-state index in [-0.39, 0.29) is 16.7 Å². The number of ether oxygens (including phenoxy) is 2. The van der Waals surface area contributed by atoms with E-state index in [1.807, 2.05) is 6.92 Å². The van der Waals surface area contributed by atoms with Crippen LogP contribution in [0.15, 0.2) is 29.2 Å². The van der Waals surface area contributed by atoms with E-state index in [9.17, 15) is 8.42 Å². The highest BCUT2D eigenvalue weighted by atomic mass is 32.2. The van der Waals surface area contributed by atoms with E-state index in [0.717, 1.165) is 24.8 Å². The molecule has 0 N–H and O–H groups in total. The number of hydrogen-bond donors (Lipinski definition) is 0. The molecule has 0 amide bonds. The van der Waals surface area contributed by atoms with Gasteiger partial charge in [0.15, 0.2) is 0 Å². The Hall–Kier alpha value is -0.950. The summed E-state index contributed by atoms with van der Waals surface area (Å²) in [5, 5.41) is 0. The summed E-state index contributed by atoms with van der Waals surface area (Å²) >= 11 is 0. The van der Waals surface area contributed by atoms with E-state index in [4.69, 9.17) is 13.7 Å². The molecule has 5 nitrogen and oxygen atoms in total. The summed E-state index contributed by atoms with van der Waals surface area (Å²) in [4.78, 5) is 0.160. The van der Waals surface area contributed by atoms with E-state index in [2.05, 4.69) is 0 Å². The topological polar surface area (TPSA) is 61.8 Å². The Morgan fingerprint density at radius 3 is 2.17 bits per heavy atom. The second-order valence-corrected chi connectivity index (χ2v) is 8.29. The highest BCUT2D eigenvalue weighted by Crippen LogP contribution is 2.60. The van der Waals surface area contributed by atoms with Crippen LogP contribution in [0.1, 0.15) is 31.7 Å². The predicted molar refractivity (Wildman–Crippen MR) is 85.4 cm³/mol. The summed E-state index contributed by atoms with van der Waals surface area (Å²) < 4.78 is 42.7. The van der Waals surface area contributed by atoms with Crippen LogP contribution in [0.2, 0.25) is 0 Å². The third-order valence-corrected chi connectivity index (χ3v) is 7.06. The van der Waals surface area contributed by atoms with Gasteiger partial charge in [0.1, 0.15) is 5.60 Å². The van der Waals surface area contributed by atoms with E-state index in [1.165, 1.54) is 0 Å². The van der Waals surface area contributed by atoms with Crippen LogP contribution in [0.3, 0.4) is 0 Å². The molecular weight excluding hydrogens is 316 g/mol. The van der Waals surface area contributed by atoms with Gasteiger partial charge in [-0.3, -0.25) is 4.18 Å². The number of methoxy groups -OCH3 is 2. The molecule has 23 heavy (non-hydrogen) atoms. The fourth-order valence-corrected chi connectivity index (χ4v) is 5.72. The van der Waals surface area contributed by atoms with E-state index in [1.54, 1.807) is 45.4 Å². The number of fused-ring (bicyclic) bond motifs is 2. The van der Waals surface area contributed by atoms with Crippen LogP contribution in [0.5, 0.6) is 0 Å². The first-order chi connectivity index (χ1) is 10.8. The minimum absolute atomic E-state index is 0.104. The van der Waals surface area contributed by atoms with Gasteiger partial charge in [-0.05, 0) is 51.2 Å². The number of rotatable bonds is 5. The maximum absolute atomic E-state index is 12.8. The molecule has 2 aliphatic carbocycles. The van der Waals surface area contributed by atoms with Gasteiger partial charge in [0.2, 0.25) is 5.79 Å². The summed E-state index contributed by atoms with van der Waals surface area (Å²) in [6.07, 6.45) is 2.76. The first-order valence-corrected chi connectivity index (χ1v) is 9.32. The third kappa shape index (κ3) is 2.35. The molecule has 0 radical (unpaired) electrons. The smallest absolute Gasteiger partial charge is 0.297 e. The van der Waals surface area contributed by atoms with Crippen LogP contribution in [0.4, 0.5) is 0 Å². The second kappa shape index (κ2) is 5.55. The lowest BCUT2D eigenvalue weighted by Gasteiger charge is -2.47. The molecule has 2 saturated carbocycles. The molecule has 0 aromatic heterocycles. The van der Waals surface area contributed by atoms with Crippen molar-refractivity contribution in [3.05, 3.63) is 29.8 Å². The van der Waals surface area contributed by atoms with Crippen molar-refractivity contribution in [3.63, 3.8) is 0 Å². The standard InChI is InChI=1S/C17H24O5S/c1-12-5-9-15(10-6-12)23(18,19)22-16(2)13-7-8-14(11-13)17(16,20-3)21-4/h5-6,9-10,13-14H,7-8,11H2,1-4H3/t13-,14+,16-/m1/s1. The van der Waals surface area contributed by atoms with Gasteiger partial charge in [0, 0.05) is 20.1 Å². The monoisotopic (exact) mass is 340 g/mol. The van der Waals surface area contributed by atoms with Crippen molar-refractivity contribution in [2.45, 2.75) is 49.4 Å². The Balaban J connectivity index is 1.98. The van der Waals surface area contributed by atoms with Gasteiger partial charge in [-0.15, -0.1) is 0 Å². The maximum atomic E-state index is 12.8. The SMILES string of the molecule is COC1(OC)[C@H]2CC[C@H](C2)[C@@]1(C)OS(=O)(=O)c1ccc(C)cc1. The quantitative estimate of drug-likeness (QED) is 0.609. The third-order valence-electron chi connectivity index (χ3n) is 5.64. The van der Waals surface area contributed by atoms with Crippen LogP contribution in [-0.2, 0) is 23.8 Å². The molecule has 3 atom stereocenters. The van der Waals surface area contributed by atoms with Crippen molar-refractivity contribution in [2.75, 3.05) is 14.2 Å². The molecular formula is C17H24O5S. The van der Waals surface area contributed by atoms with Gasteiger partial charge in [0.05, 0.1) is 4.90 Å². The van der Waals surface area contributed by atoms with Crippen molar-refractivity contribution in [2.24, 2.45) is 11.8 Å². The summed E-state index contributed by atoms with van der Waals surface area (Å²) in [5.41, 5.74) is -0.0263. The number of aryl methyl sites for hydroxylation is 1. The molecule has 2 bridgehead atoms. The van der Waals surface area contributed by atoms with Crippen LogP contribution >= 0.6 is 0 Å². The van der Waals surface area contributed by atoms with Crippen LogP contribution in [0.25, 0.3) is 0 Å². The van der Waals surface area contributed by atoms with Gasteiger partial charge in [-0.25, -0.2) is 0 Å². The van der Waals surface area contributed by atoms with Crippen LogP contribution in [-0.4, -0.2) is 34.0 Å². The van der Waals surface area contributed by atoms with E-state index >= 15 is 0 Å². The number of hydrogen-bond acceptors (Lipinski definition) is 5. The average molecular weight is 340 g/mol. The molecule has 0 unspecified atom stereocenters. The van der Waals surface area contributed by atoms with Crippen molar-refractivity contribution < 1.29 is 22.1 Å². The molecule has 0 aliphatic heterocycles. The molecule has 0 spiro atoms. The molecule has 0 saturated heterocycles. The molecule has 128 valence electrons. The Kier molecular flexibility index (Phi) is 4.08. The van der Waals surface area contributed by atoms with Gasteiger partial charge >= 0.3 is 0 Å². The molecule has 1 aromatic carbocycles. The molecule has 3 rings (SSSR count). The Labute approximate surface area is 138 Å². The summed E-state index contributed by atoms with van der Waals surface area (Å²) in [7, 11) is -0.773. The Morgan fingerprint density at radius 2 is 1.61 bits per heavy atom. The van der Waals surface area contributed by atoms with Gasteiger partial charge in [-0.2, -0.15) is 8.42 Å². The van der Waals surface area contributed by atoms with Crippen LogP contribution < -0.4 is 0 Å². The average Bonchev–Trinajstić information content (AvgIpc) is 3.06. The molecule has 6 heteroatoms. The largest absolute Gasteiger partial charge is 0.350 e. The summed E-state index contributed by atoms with van der Waals surface area (Å²) in [6.45, 7) is 3.71. The number of benzene rings is 1. The minimum Gasteiger partial charge on any atom is -0.350 e. The first kappa shape index (κ1) is 16.9. The molecule has 2 fully saturated rings. The fraction of sp³-hybridized carbons (Fsp3) is 0.647. The zero-order chi connectivity index (χ0) is 16.9. The Morgan fingerprint density at radius 1 is 1.04 bits per heavy atom. The maximum Gasteiger partial charge on any atom is 0.297 e. The van der Waals surface area contributed by atoms with Crippen molar-refractivity contribution in [1.82, 2.24) is 0 Å². The van der Waals surface area contributed by atoms with Crippen molar-refractivity contribution in [1.29, 1.82) is 0 Å². The van der Waals surface area contributed by atoms with Crippen molar-refractivity contribution >= 4 is 10.1 Å². The predicted octanol–water partition coefficient (Wildman–Crippen LogP) is 2.88. The van der Waals surface area contributed by atoms with Gasteiger partial charge < -0.3 is 9.47 Å².